The molecule has 0 saturated carbocycles. The number of likely N-dealkylation sites (N-methyl/N-ethyl adjacent to an activating group) is 1. The van der Waals surface area contributed by atoms with Crippen LogP contribution in [0.1, 0.15) is 31.0 Å². The van der Waals surface area contributed by atoms with Crippen molar-refractivity contribution >= 4 is 17.4 Å². The fourth-order valence-corrected chi connectivity index (χ4v) is 3.59. The van der Waals surface area contributed by atoms with E-state index in [2.05, 4.69) is 9.88 Å². The van der Waals surface area contributed by atoms with Crippen molar-refractivity contribution in [2.75, 3.05) is 26.2 Å². The van der Waals surface area contributed by atoms with Gasteiger partial charge >= 0.3 is 0 Å². The van der Waals surface area contributed by atoms with Crippen LogP contribution in [0.25, 0.3) is 5.76 Å². The summed E-state index contributed by atoms with van der Waals surface area (Å²) >= 11 is 0. The highest BCUT2D eigenvalue weighted by molar-refractivity contribution is 6.46. The number of amides is 1. The molecule has 29 heavy (non-hydrogen) atoms. The first kappa shape index (κ1) is 20.7. The van der Waals surface area contributed by atoms with Crippen LogP contribution in [-0.2, 0) is 9.59 Å². The summed E-state index contributed by atoms with van der Waals surface area (Å²) in [6.07, 6.45) is 2.95. The second-order valence-corrected chi connectivity index (χ2v) is 6.78. The van der Waals surface area contributed by atoms with Gasteiger partial charge in [0.2, 0.25) is 0 Å². The number of hydrogen-bond donors (Lipinski definition) is 1. The van der Waals surface area contributed by atoms with Crippen LogP contribution in [0, 0.1) is 5.82 Å². The number of ketones is 1. The molecule has 1 saturated heterocycles. The third-order valence-corrected chi connectivity index (χ3v) is 5.25. The Morgan fingerprint density at radius 1 is 1.14 bits per heavy atom. The number of carbonyl (C=O) groups excluding carboxylic acids is 2. The Hall–Kier alpha value is -3.06. The summed E-state index contributed by atoms with van der Waals surface area (Å²) in [6.45, 7) is 6.40. The molecular weight excluding hydrogens is 373 g/mol. The zero-order valence-corrected chi connectivity index (χ0v) is 16.5. The fourth-order valence-electron chi connectivity index (χ4n) is 3.59. The minimum Gasteiger partial charge on any atom is -0.507 e. The van der Waals surface area contributed by atoms with Gasteiger partial charge in [0.25, 0.3) is 11.7 Å². The Morgan fingerprint density at radius 3 is 2.41 bits per heavy atom. The van der Waals surface area contributed by atoms with Crippen LogP contribution in [-0.4, -0.2) is 57.8 Å². The Bertz CT molecular complexity index is 926. The monoisotopic (exact) mass is 397 g/mol. The second kappa shape index (κ2) is 8.96. The number of benzene rings is 1. The van der Waals surface area contributed by atoms with Crippen LogP contribution in [0.4, 0.5) is 4.39 Å². The number of aliphatic hydroxyl groups is 1. The largest absolute Gasteiger partial charge is 0.507 e. The third-order valence-electron chi connectivity index (χ3n) is 5.25. The topological polar surface area (TPSA) is 73.7 Å². The van der Waals surface area contributed by atoms with E-state index in [9.17, 15) is 19.1 Å². The summed E-state index contributed by atoms with van der Waals surface area (Å²) in [4.78, 5) is 33.0. The average molecular weight is 397 g/mol. The number of rotatable bonds is 7. The van der Waals surface area contributed by atoms with Crippen LogP contribution >= 0.6 is 0 Å². The molecule has 1 N–H and O–H groups in total. The average Bonchev–Trinajstić information content (AvgIpc) is 2.99. The molecule has 1 atom stereocenters. The molecular formula is C22H24FN3O3. The second-order valence-electron chi connectivity index (χ2n) is 6.78. The van der Waals surface area contributed by atoms with Gasteiger partial charge in [0.15, 0.2) is 0 Å². The van der Waals surface area contributed by atoms with E-state index in [1.807, 2.05) is 13.8 Å². The summed E-state index contributed by atoms with van der Waals surface area (Å²) in [5.74, 6) is -2.41. The van der Waals surface area contributed by atoms with E-state index in [0.717, 1.165) is 13.1 Å². The van der Waals surface area contributed by atoms with Crippen LogP contribution < -0.4 is 0 Å². The van der Waals surface area contributed by atoms with Gasteiger partial charge in [-0.05, 0) is 31.3 Å². The Kier molecular flexibility index (Phi) is 6.39. The van der Waals surface area contributed by atoms with E-state index < -0.39 is 23.5 Å². The van der Waals surface area contributed by atoms with E-state index in [4.69, 9.17) is 0 Å². The van der Waals surface area contributed by atoms with Crippen molar-refractivity contribution in [3.8, 4) is 0 Å². The summed E-state index contributed by atoms with van der Waals surface area (Å²) in [6, 6.07) is 8.11. The number of Topliss-reactive ketones (excluding diaryl/α,β-unsaturated/α-hetero) is 1. The molecule has 7 heteroatoms. The number of pyridine rings is 1. The predicted octanol–water partition coefficient (Wildman–Crippen LogP) is 2.98. The highest BCUT2D eigenvalue weighted by Gasteiger charge is 2.46. The van der Waals surface area contributed by atoms with Crippen molar-refractivity contribution in [3.63, 3.8) is 0 Å². The summed E-state index contributed by atoms with van der Waals surface area (Å²) in [5.41, 5.74) is 0.427. The molecule has 0 bridgehead atoms. The number of hydrogen-bond acceptors (Lipinski definition) is 5. The van der Waals surface area contributed by atoms with Gasteiger partial charge in [0, 0.05) is 36.6 Å². The van der Waals surface area contributed by atoms with E-state index in [1.54, 1.807) is 12.1 Å². The smallest absolute Gasteiger partial charge is 0.295 e. The quantitative estimate of drug-likeness (QED) is 0.442. The molecule has 0 aliphatic carbocycles. The molecule has 1 amide bonds. The number of aromatic nitrogens is 1. The normalized spacial score (nSPS) is 18.6. The highest BCUT2D eigenvalue weighted by atomic mass is 19.1. The first-order chi connectivity index (χ1) is 14.0. The molecule has 0 radical (unpaired) electrons. The molecule has 1 unspecified atom stereocenters. The maximum Gasteiger partial charge on any atom is 0.295 e. The first-order valence-electron chi connectivity index (χ1n) is 9.65. The van der Waals surface area contributed by atoms with Crippen molar-refractivity contribution in [3.05, 3.63) is 71.3 Å². The molecule has 3 rings (SSSR count). The lowest BCUT2D eigenvalue weighted by Crippen LogP contribution is -2.38. The molecule has 0 spiro atoms. The van der Waals surface area contributed by atoms with Gasteiger partial charge in [-0.25, -0.2) is 4.39 Å². The van der Waals surface area contributed by atoms with Crippen molar-refractivity contribution < 1.29 is 19.1 Å². The Balaban J connectivity index is 2.11. The SMILES string of the molecule is CCN(CC)CCN1C(=O)C(=O)/C(=C(\O)c2ccncc2)C1c1ccccc1F. The van der Waals surface area contributed by atoms with E-state index in [0.29, 0.717) is 12.1 Å². The summed E-state index contributed by atoms with van der Waals surface area (Å²) < 4.78 is 14.7. The van der Waals surface area contributed by atoms with Crippen molar-refractivity contribution in [2.45, 2.75) is 19.9 Å². The molecule has 1 aliphatic rings. The lowest BCUT2D eigenvalue weighted by Gasteiger charge is -2.28. The van der Waals surface area contributed by atoms with E-state index in [1.165, 1.54) is 41.6 Å². The predicted molar refractivity (Wildman–Crippen MR) is 107 cm³/mol. The first-order valence-corrected chi connectivity index (χ1v) is 9.65. The highest BCUT2D eigenvalue weighted by Crippen LogP contribution is 2.40. The van der Waals surface area contributed by atoms with Gasteiger partial charge in [-0.3, -0.25) is 14.6 Å². The van der Waals surface area contributed by atoms with Gasteiger partial charge in [0.1, 0.15) is 11.6 Å². The fraction of sp³-hybridized carbons (Fsp3) is 0.318. The lowest BCUT2D eigenvalue weighted by atomic mass is 9.95. The zero-order chi connectivity index (χ0) is 21.0. The van der Waals surface area contributed by atoms with Gasteiger partial charge in [-0.2, -0.15) is 0 Å². The van der Waals surface area contributed by atoms with Crippen LogP contribution in [0.5, 0.6) is 0 Å². The van der Waals surface area contributed by atoms with Crippen molar-refractivity contribution in [1.82, 2.24) is 14.8 Å². The number of carbonyl (C=O) groups is 2. The van der Waals surface area contributed by atoms with Crippen molar-refractivity contribution in [1.29, 1.82) is 0 Å². The van der Waals surface area contributed by atoms with Gasteiger partial charge in [-0.15, -0.1) is 0 Å². The molecule has 152 valence electrons. The van der Waals surface area contributed by atoms with Crippen LogP contribution in [0.15, 0.2) is 54.4 Å². The maximum absolute atomic E-state index is 14.7. The number of halogens is 1. The summed E-state index contributed by atoms with van der Waals surface area (Å²) in [7, 11) is 0. The Labute approximate surface area is 169 Å². The molecule has 6 nitrogen and oxygen atoms in total. The van der Waals surface area contributed by atoms with Gasteiger partial charge < -0.3 is 14.9 Å². The molecule has 1 aromatic heterocycles. The van der Waals surface area contributed by atoms with Crippen LogP contribution in [0.2, 0.25) is 0 Å². The lowest BCUT2D eigenvalue weighted by molar-refractivity contribution is -0.140. The summed E-state index contributed by atoms with van der Waals surface area (Å²) in [5, 5.41) is 10.8. The number of nitrogens with zero attached hydrogens (tertiary/aromatic N) is 3. The third kappa shape index (κ3) is 4.05. The van der Waals surface area contributed by atoms with E-state index in [-0.39, 0.29) is 23.4 Å². The zero-order valence-electron chi connectivity index (χ0n) is 16.5. The molecule has 2 heterocycles. The minimum atomic E-state index is -0.986. The molecule has 1 fully saturated rings. The van der Waals surface area contributed by atoms with Gasteiger partial charge in [-0.1, -0.05) is 32.0 Å². The van der Waals surface area contributed by atoms with E-state index >= 15 is 0 Å². The molecule has 1 aliphatic heterocycles. The molecule has 2 aromatic rings. The van der Waals surface area contributed by atoms with Crippen LogP contribution in [0.3, 0.4) is 0 Å². The van der Waals surface area contributed by atoms with Crippen molar-refractivity contribution in [2.24, 2.45) is 0 Å². The Morgan fingerprint density at radius 2 is 1.79 bits per heavy atom. The minimum absolute atomic E-state index is 0.106. The molecule has 1 aromatic carbocycles. The number of likely N-dealkylation sites (tertiary alicyclic amines) is 1. The number of aliphatic hydroxyl groups excluding tert-OH is 1. The standard InChI is InChI=1S/C22H24FN3O3/c1-3-25(4-2)13-14-26-19(16-7-5-6-8-17(16)23)18(21(28)22(26)29)20(27)15-9-11-24-12-10-15/h5-12,19,27H,3-4,13-14H2,1-2H3/b20-18-. The maximum atomic E-state index is 14.7. The van der Waals surface area contributed by atoms with Gasteiger partial charge in [0.05, 0.1) is 11.6 Å².